The minimum atomic E-state index is -1.46. The average molecular weight is 469 g/mol. The fourth-order valence-electron chi connectivity index (χ4n) is 4.94. The third-order valence-corrected chi connectivity index (χ3v) is 10.9. The van der Waals surface area contributed by atoms with Crippen LogP contribution in [0.3, 0.4) is 0 Å². The Morgan fingerprint density at radius 2 is 1.33 bits per heavy atom. The first-order valence-electron chi connectivity index (χ1n) is 12.5. The van der Waals surface area contributed by atoms with Crippen LogP contribution in [0.4, 0.5) is 0 Å². The van der Waals surface area contributed by atoms with E-state index in [9.17, 15) is 0 Å². The van der Waals surface area contributed by atoms with Gasteiger partial charge in [-0.2, -0.15) is 0 Å². The van der Waals surface area contributed by atoms with E-state index in [0.29, 0.717) is 5.92 Å². The topological polar surface area (TPSA) is 0 Å². The van der Waals surface area contributed by atoms with E-state index in [0.717, 1.165) is 6.42 Å². The van der Waals surface area contributed by atoms with Crippen molar-refractivity contribution in [2.75, 3.05) is 0 Å². The Morgan fingerprint density at radius 1 is 0.727 bits per heavy atom. The van der Waals surface area contributed by atoms with Gasteiger partial charge in [0.1, 0.15) is 0 Å². The Kier molecular flexibility index (Phi) is 6.46. The molecule has 0 bridgehead atoms. The normalized spacial score (nSPS) is 13.9. The number of rotatable bonds is 6. The highest BCUT2D eigenvalue weighted by atomic mass is 28.3. The number of allylic oxidation sites excluding steroid dienone is 1. The number of hydrogen-bond acceptors (Lipinski definition) is 0. The molecule has 33 heavy (non-hydrogen) atoms. The van der Waals surface area contributed by atoms with Crippen LogP contribution in [0, 0.1) is 5.92 Å². The molecule has 0 unspecified atom stereocenters. The lowest BCUT2D eigenvalue weighted by atomic mass is 9.89. The maximum Gasteiger partial charge on any atom is 0.0776 e. The molecule has 3 aromatic rings. The summed E-state index contributed by atoms with van der Waals surface area (Å²) in [4.78, 5) is 0. The van der Waals surface area contributed by atoms with E-state index in [-0.39, 0.29) is 0 Å². The summed E-state index contributed by atoms with van der Waals surface area (Å²) in [6.45, 7) is 19.5. The summed E-state index contributed by atoms with van der Waals surface area (Å²) in [5.41, 5.74) is 10.1. The summed E-state index contributed by atoms with van der Waals surface area (Å²) < 4.78 is 0. The molecule has 2 heteroatoms. The fourth-order valence-corrected chi connectivity index (χ4v) is 7.44. The Morgan fingerprint density at radius 3 is 1.88 bits per heavy atom. The van der Waals surface area contributed by atoms with Crippen molar-refractivity contribution in [1.82, 2.24) is 0 Å². The van der Waals surface area contributed by atoms with Crippen molar-refractivity contribution < 1.29 is 0 Å². The van der Waals surface area contributed by atoms with E-state index in [2.05, 4.69) is 120 Å². The van der Waals surface area contributed by atoms with Crippen molar-refractivity contribution >= 4 is 32.6 Å². The van der Waals surface area contributed by atoms with Crippen molar-refractivity contribution in [3.05, 3.63) is 77.4 Å². The van der Waals surface area contributed by atoms with Gasteiger partial charge >= 0.3 is 0 Å². The van der Waals surface area contributed by atoms with Gasteiger partial charge in [0.15, 0.2) is 0 Å². The standard InChI is InChI=1S/C31H40Si2/c1-22(2)16-23-17-25-14-15-29(24-12-10-9-11-13-24)31(30(25)18-23)26-19-27(32(3,4)5)21-28(20-26)33(6,7)8/h9-15,18-22H,16-17H2,1-8H3. The van der Waals surface area contributed by atoms with Crippen molar-refractivity contribution in [2.24, 2.45) is 5.92 Å². The smallest absolute Gasteiger partial charge is 0.0656 e. The lowest BCUT2D eigenvalue weighted by Gasteiger charge is -2.25. The highest BCUT2D eigenvalue weighted by Crippen LogP contribution is 2.42. The van der Waals surface area contributed by atoms with Gasteiger partial charge in [0.05, 0.1) is 16.1 Å². The van der Waals surface area contributed by atoms with E-state index in [1.54, 1.807) is 15.9 Å². The largest absolute Gasteiger partial charge is 0.0776 e. The molecule has 4 rings (SSSR count). The van der Waals surface area contributed by atoms with Crippen LogP contribution in [0.5, 0.6) is 0 Å². The van der Waals surface area contributed by atoms with E-state index in [1.165, 1.54) is 39.8 Å². The van der Waals surface area contributed by atoms with Gasteiger partial charge in [0.25, 0.3) is 0 Å². The van der Waals surface area contributed by atoms with Crippen LogP contribution in [0.25, 0.3) is 28.3 Å². The van der Waals surface area contributed by atoms with Crippen molar-refractivity contribution in [1.29, 1.82) is 0 Å². The van der Waals surface area contributed by atoms with Crippen LogP contribution in [0.1, 0.15) is 31.4 Å². The maximum absolute atomic E-state index is 2.55. The van der Waals surface area contributed by atoms with Crippen LogP contribution in [0.15, 0.2) is 66.2 Å². The number of hydrogen-bond donors (Lipinski definition) is 0. The van der Waals surface area contributed by atoms with E-state index in [4.69, 9.17) is 0 Å². The fraction of sp³-hybridized carbons (Fsp3) is 0.355. The minimum absolute atomic E-state index is 0.691. The summed E-state index contributed by atoms with van der Waals surface area (Å²) in [7, 11) is -2.92. The van der Waals surface area contributed by atoms with Crippen LogP contribution in [-0.2, 0) is 6.42 Å². The molecular formula is C31H40Si2. The van der Waals surface area contributed by atoms with Gasteiger partial charge in [-0.05, 0) is 52.1 Å². The van der Waals surface area contributed by atoms with Crippen molar-refractivity contribution in [3.8, 4) is 22.3 Å². The summed E-state index contributed by atoms with van der Waals surface area (Å²) in [6.07, 6.45) is 4.81. The summed E-state index contributed by atoms with van der Waals surface area (Å²) in [5.74, 6) is 0.691. The van der Waals surface area contributed by atoms with Crippen molar-refractivity contribution in [2.45, 2.75) is 66.0 Å². The predicted octanol–water partition coefficient (Wildman–Crippen LogP) is 8.10. The second kappa shape index (κ2) is 8.89. The molecule has 0 aromatic heterocycles. The molecule has 0 saturated carbocycles. The zero-order chi connectivity index (χ0) is 24.0. The molecule has 1 aliphatic carbocycles. The zero-order valence-electron chi connectivity index (χ0n) is 21.8. The van der Waals surface area contributed by atoms with Gasteiger partial charge in [-0.3, -0.25) is 0 Å². The Bertz CT molecular complexity index is 1150. The minimum Gasteiger partial charge on any atom is -0.0656 e. The molecular weight excluding hydrogens is 429 g/mol. The summed E-state index contributed by atoms with van der Waals surface area (Å²) in [6, 6.07) is 23.4. The lowest BCUT2D eigenvalue weighted by Crippen LogP contribution is -2.45. The first-order valence-corrected chi connectivity index (χ1v) is 19.5. The molecule has 0 nitrogen and oxygen atoms in total. The quantitative estimate of drug-likeness (QED) is 0.321. The van der Waals surface area contributed by atoms with Gasteiger partial charge in [-0.15, -0.1) is 0 Å². The molecule has 0 fully saturated rings. The zero-order valence-corrected chi connectivity index (χ0v) is 23.8. The first-order chi connectivity index (χ1) is 15.4. The molecule has 172 valence electrons. The molecule has 0 heterocycles. The Balaban J connectivity index is 2.03. The second-order valence-electron chi connectivity index (χ2n) is 12.3. The molecule has 0 atom stereocenters. The average Bonchev–Trinajstić information content (AvgIpc) is 3.13. The van der Waals surface area contributed by atoms with E-state index < -0.39 is 16.1 Å². The number of benzene rings is 3. The first kappa shape index (κ1) is 24.0. The summed E-state index contributed by atoms with van der Waals surface area (Å²) in [5, 5.41) is 3.16. The molecule has 0 saturated heterocycles. The van der Waals surface area contributed by atoms with Gasteiger partial charge in [-0.1, -0.05) is 136 Å². The van der Waals surface area contributed by atoms with E-state index in [1.807, 2.05) is 0 Å². The summed E-state index contributed by atoms with van der Waals surface area (Å²) >= 11 is 0. The van der Waals surface area contributed by atoms with Gasteiger partial charge < -0.3 is 0 Å². The Labute approximate surface area is 203 Å². The van der Waals surface area contributed by atoms with Gasteiger partial charge in [0, 0.05) is 0 Å². The van der Waals surface area contributed by atoms with Crippen molar-refractivity contribution in [3.63, 3.8) is 0 Å². The highest BCUT2D eigenvalue weighted by Gasteiger charge is 2.26. The molecule has 0 amide bonds. The molecule has 0 radical (unpaired) electrons. The SMILES string of the molecule is CC(C)CC1=Cc2c(ccc(-c3ccccc3)c2-c2cc([Si](C)(C)C)cc([Si](C)(C)C)c2)C1. The van der Waals surface area contributed by atoms with Crippen LogP contribution < -0.4 is 10.4 Å². The third-order valence-electron chi connectivity index (χ3n) is 6.81. The predicted molar refractivity (Wildman–Crippen MR) is 154 cm³/mol. The highest BCUT2D eigenvalue weighted by molar-refractivity contribution is 6.91. The molecule has 0 N–H and O–H groups in total. The molecule has 1 aliphatic rings. The van der Waals surface area contributed by atoms with Crippen LogP contribution >= 0.6 is 0 Å². The van der Waals surface area contributed by atoms with Crippen LogP contribution in [-0.4, -0.2) is 16.1 Å². The van der Waals surface area contributed by atoms with E-state index >= 15 is 0 Å². The lowest BCUT2D eigenvalue weighted by molar-refractivity contribution is 0.638. The molecule has 0 aliphatic heterocycles. The molecule has 3 aromatic carbocycles. The van der Waals surface area contributed by atoms with Gasteiger partial charge in [-0.25, -0.2) is 0 Å². The number of fused-ring (bicyclic) bond motifs is 1. The molecule has 0 spiro atoms. The Hall–Kier alpha value is -2.17. The third kappa shape index (κ3) is 5.17. The second-order valence-corrected chi connectivity index (χ2v) is 22.5. The maximum atomic E-state index is 2.55. The van der Waals surface area contributed by atoms with Crippen LogP contribution in [0.2, 0.25) is 39.3 Å². The van der Waals surface area contributed by atoms with Gasteiger partial charge in [0.2, 0.25) is 0 Å². The monoisotopic (exact) mass is 468 g/mol.